The van der Waals surface area contributed by atoms with Crippen molar-refractivity contribution in [1.29, 1.82) is 0 Å². The molecule has 0 N–H and O–H groups in total. The Morgan fingerprint density at radius 3 is 1.27 bits per heavy atom. The molecule has 0 spiro atoms. The average Bonchev–Trinajstić information content (AvgIpc) is 2.30. The van der Waals surface area contributed by atoms with Gasteiger partial charge >= 0.3 is 0 Å². The van der Waals surface area contributed by atoms with Crippen molar-refractivity contribution in [2.75, 3.05) is 26.2 Å². The molecule has 0 atom stereocenters. The summed E-state index contributed by atoms with van der Waals surface area (Å²) < 4.78 is 8.26. The monoisotopic (exact) mass is 263 g/mol. The topological polar surface area (TPSA) is 9.72 Å². The van der Waals surface area contributed by atoms with Crippen LogP contribution in [0.3, 0.4) is 0 Å². The average molecular weight is 264 g/mol. The molecule has 0 aliphatic rings. The highest BCUT2D eigenvalue weighted by atomic mass is 28.4. The molecule has 0 aliphatic heterocycles. The molecular formula is C9H29N3Si3. The minimum Gasteiger partial charge on any atom is -0.359 e. The van der Waals surface area contributed by atoms with Gasteiger partial charge in [0.2, 0.25) is 0 Å². The largest absolute Gasteiger partial charge is 0.359 e. The van der Waals surface area contributed by atoms with E-state index in [2.05, 4.69) is 47.3 Å². The summed E-state index contributed by atoms with van der Waals surface area (Å²) >= 11 is 0. The molecule has 0 saturated carbocycles. The summed E-state index contributed by atoms with van der Waals surface area (Å²) in [5.74, 6) is 0. The molecule has 6 heteroatoms. The van der Waals surface area contributed by atoms with Gasteiger partial charge in [-0.05, 0) is 26.2 Å². The van der Waals surface area contributed by atoms with Gasteiger partial charge in [-0.15, -0.1) is 0 Å². The van der Waals surface area contributed by atoms with Crippen molar-refractivity contribution in [2.45, 2.75) is 34.2 Å². The van der Waals surface area contributed by atoms with E-state index in [1.165, 1.54) is 26.2 Å². The number of hydrogen-bond donors (Lipinski definition) is 0. The van der Waals surface area contributed by atoms with Gasteiger partial charge in [-0.3, -0.25) is 0 Å². The molecule has 0 aromatic rings. The Labute approximate surface area is 103 Å². The van der Waals surface area contributed by atoms with Crippen molar-refractivity contribution >= 4 is 29.4 Å². The van der Waals surface area contributed by atoms with E-state index in [1.807, 2.05) is 0 Å². The lowest BCUT2D eigenvalue weighted by Gasteiger charge is -2.31. The standard InChI is InChI=1S/C9H29N3Si3/c1-6-10(7-2)14-12(13-5)15-11(8-3)9-4/h6-9,13-15H2,1-5H3. The summed E-state index contributed by atoms with van der Waals surface area (Å²) in [6.45, 7) is 16.6. The molecule has 0 unspecified atom stereocenters. The third-order valence-corrected chi connectivity index (χ3v) is 12.4. The van der Waals surface area contributed by atoms with E-state index < -0.39 is 0 Å². The van der Waals surface area contributed by atoms with Crippen LogP contribution in [-0.4, -0.2) is 68.6 Å². The predicted octanol–water partition coefficient (Wildman–Crippen LogP) is -0.899. The third kappa shape index (κ3) is 6.64. The van der Waals surface area contributed by atoms with Gasteiger partial charge in [-0.1, -0.05) is 34.2 Å². The molecule has 0 aromatic carbocycles. The van der Waals surface area contributed by atoms with E-state index >= 15 is 0 Å². The number of hydrogen-bond acceptors (Lipinski definition) is 3. The lowest BCUT2D eigenvalue weighted by atomic mass is 10.7. The van der Waals surface area contributed by atoms with E-state index in [1.54, 1.807) is 0 Å². The molecular weight excluding hydrogens is 234 g/mol. The van der Waals surface area contributed by atoms with Gasteiger partial charge in [0.15, 0.2) is 19.7 Å². The predicted molar refractivity (Wildman–Crippen MR) is 79.2 cm³/mol. The lowest BCUT2D eigenvalue weighted by molar-refractivity contribution is 0.457. The molecule has 0 saturated heterocycles. The van der Waals surface area contributed by atoms with Crippen molar-refractivity contribution in [3.63, 3.8) is 0 Å². The van der Waals surface area contributed by atoms with E-state index in [-0.39, 0.29) is 29.4 Å². The maximum absolute atomic E-state index is 2.92. The Hall–Kier alpha value is 0.531. The summed E-state index contributed by atoms with van der Waals surface area (Å²) in [6.07, 6.45) is 0. The minimum atomic E-state index is -0.0738. The lowest BCUT2D eigenvalue weighted by Crippen LogP contribution is -2.50. The molecule has 0 heterocycles. The maximum Gasteiger partial charge on any atom is 0.159 e. The molecule has 92 valence electrons. The first kappa shape index (κ1) is 15.5. The van der Waals surface area contributed by atoms with Crippen molar-refractivity contribution in [3.8, 4) is 0 Å². The molecule has 3 nitrogen and oxygen atoms in total. The second-order valence-electron chi connectivity index (χ2n) is 3.88. The maximum atomic E-state index is 2.92. The van der Waals surface area contributed by atoms with Gasteiger partial charge in [0.25, 0.3) is 0 Å². The van der Waals surface area contributed by atoms with Gasteiger partial charge < -0.3 is 13.0 Å². The van der Waals surface area contributed by atoms with Gasteiger partial charge in [0.05, 0.1) is 9.68 Å². The number of rotatable bonds is 9. The zero-order chi connectivity index (χ0) is 11.7. The Bertz CT molecular complexity index is 127. The second kappa shape index (κ2) is 9.74. The van der Waals surface area contributed by atoms with Crippen LogP contribution < -0.4 is 0 Å². The fourth-order valence-corrected chi connectivity index (χ4v) is 8.94. The van der Waals surface area contributed by atoms with Crippen molar-refractivity contribution in [3.05, 3.63) is 0 Å². The van der Waals surface area contributed by atoms with Gasteiger partial charge in [-0.25, -0.2) is 0 Å². The first-order valence-electron chi connectivity index (χ1n) is 6.38. The van der Waals surface area contributed by atoms with Crippen molar-refractivity contribution < 1.29 is 0 Å². The minimum absolute atomic E-state index is 0.0738. The van der Waals surface area contributed by atoms with Gasteiger partial charge in [0, 0.05) is 0 Å². The molecule has 0 aromatic heterocycles. The second-order valence-corrected chi connectivity index (χ2v) is 12.2. The summed E-state index contributed by atoms with van der Waals surface area (Å²) in [6, 6.07) is 0. The highest BCUT2D eigenvalue weighted by molar-refractivity contribution is 6.63. The zero-order valence-electron chi connectivity index (χ0n) is 11.3. The SMILES string of the molecule is CCN(CC)[SiH2]N([SiH2]C)[SiH2]N(CC)CC. The summed E-state index contributed by atoms with van der Waals surface area (Å²) in [5.41, 5.74) is 0. The first-order chi connectivity index (χ1) is 7.21. The zero-order valence-corrected chi connectivity index (χ0v) is 15.5. The first-order valence-corrected chi connectivity index (χ1v) is 11.0. The quantitative estimate of drug-likeness (QED) is 0.500. The molecule has 0 amide bonds. The molecule has 0 bridgehead atoms. The summed E-state index contributed by atoms with van der Waals surface area (Å²) in [5, 5.41) is 0. The van der Waals surface area contributed by atoms with Crippen LogP contribution in [-0.2, 0) is 0 Å². The Morgan fingerprint density at radius 1 is 0.733 bits per heavy atom. The van der Waals surface area contributed by atoms with Crippen LogP contribution in [0.25, 0.3) is 0 Å². The normalized spacial score (nSPS) is 14.4. The fraction of sp³-hybridized carbons (Fsp3) is 1.00. The molecule has 0 fully saturated rings. The Balaban J connectivity index is 4.00. The summed E-state index contributed by atoms with van der Waals surface area (Å²) in [4.78, 5) is 0. The van der Waals surface area contributed by atoms with Crippen LogP contribution in [0.15, 0.2) is 0 Å². The van der Waals surface area contributed by atoms with Crippen LogP contribution in [0.1, 0.15) is 27.7 Å². The fourth-order valence-electron chi connectivity index (χ4n) is 1.66. The van der Waals surface area contributed by atoms with Crippen molar-refractivity contribution in [1.82, 2.24) is 13.0 Å². The van der Waals surface area contributed by atoms with E-state index in [4.69, 9.17) is 0 Å². The molecule has 0 rings (SSSR count). The summed E-state index contributed by atoms with van der Waals surface area (Å²) in [7, 11) is -0.0690. The molecule has 0 radical (unpaired) electrons. The Kier molecular flexibility index (Phi) is 10.1. The highest BCUT2D eigenvalue weighted by Crippen LogP contribution is 1.92. The van der Waals surface area contributed by atoms with Crippen LogP contribution in [0.5, 0.6) is 0 Å². The third-order valence-electron chi connectivity index (χ3n) is 3.04. The molecule has 0 aliphatic carbocycles. The van der Waals surface area contributed by atoms with Crippen LogP contribution in [0.2, 0.25) is 6.55 Å². The number of nitrogens with zero attached hydrogens (tertiary/aromatic N) is 3. The van der Waals surface area contributed by atoms with Crippen LogP contribution in [0.4, 0.5) is 0 Å². The van der Waals surface area contributed by atoms with Crippen LogP contribution in [0, 0.1) is 0 Å². The smallest absolute Gasteiger partial charge is 0.159 e. The highest BCUT2D eigenvalue weighted by Gasteiger charge is 2.11. The van der Waals surface area contributed by atoms with Crippen molar-refractivity contribution in [2.24, 2.45) is 0 Å². The van der Waals surface area contributed by atoms with Gasteiger partial charge in [-0.2, -0.15) is 0 Å². The van der Waals surface area contributed by atoms with Gasteiger partial charge in [0.1, 0.15) is 0 Å². The van der Waals surface area contributed by atoms with Crippen LogP contribution >= 0.6 is 0 Å². The van der Waals surface area contributed by atoms with E-state index in [9.17, 15) is 0 Å². The molecule has 15 heavy (non-hydrogen) atoms. The Morgan fingerprint density at radius 2 is 1.07 bits per heavy atom. The van der Waals surface area contributed by atoms with E-state index in [0.29, 0.717) is 0 Å². The van der Waals surface area contributed by atoms with E-state index in [0.717, 1.165) is 0 Å².